The van der Waals surface area contributed by atoms with Crippen LogP contribution >= 0.6 is 0 Å². The standard InChI is InChI=1S/C30H32N6O/c1-34-15-17-36(18-16-34)20-21-7-9-22(10-8-21)23-11-13-24(14-12-23)28-26(19-31-33-28)29-32-30(37)25-5-3-4-6-27(25)35(29)2/h3-14,19,29H,15-18,20H2,1-2H3,(H,31,33)(H,32,37). The highest BCUT2D eigenvalue weighted by atomic mass is 16.2. The summed E-state index contributed by atoms with van der Waals surface area (Å²) in [4.78, 5) is 19.8. The molecule has 3 heterocycles. The number of aromatic amines is 1. The summed E-state index contributed by atoms with van der Waals surface area (Å²) in [6.45, 7) is 5.53. The zero-order valence-corrected chi connectivity index (χ0v) is 21.3. The summed E-state index contributed by atoms with van der Waals surface area (Å²) in [5.41, 5.74) is 8.10. The van der Waals surface area contributed by atoms with E-state index in [9.17, 15) is 4.79 Å². The zero-order valence-electron chi connectivity index (χ0n) is 21.3. The van der Waals surface area contributed by atoms with Crippen LogP contribution in [0.4, 0.5) is 5.69 Å². The summed E-state index contributed by atoms with van der Waals surface area (Å²) in [7, 11) is 4.19. The van der Waals surface area contributed by atoms with Crippen molar-refractivity contribution in [1.82, 2.24) is 25.3 Å². The van der Waals surface area contributed by atoms with Crippen LogP contribution in [0.1, 0.15) is 27.7 Å². The van der Waals surface area contributed by atoms with Crippen LogP contribution in [0.25, 0.3) is 22.4 Å². The first-order valence-electron chi connectivity index (χ1n) is 12.8. The molecular weight excluding hydrogens is 460 g/mol. The lowest BCUT2D eigenvalue weighted by molar-refractivity contribution is 0.0928. The van der Waals surface area contributed by atoms with Gasteiger partial charge in [0.25, 0.3) is 5.91 Å². The summed E-state index contributed by atoms with van der Waals surface area (Å²) in [6, 6.07) is 25.1. The molecule has 7 heteroatoms. The van der Waals surface area contributed by atoms with E-state index in [1.807, 2.05) is 37.5 Å². The van der Waals surface area contributed by atoms with Crippen LogP contribution in [0.5, 0.6) is 0 Å². The Morgan fingerprint density at radius 3 is 2.22 bits per heavy atom. The fourth-order valence-electron chi connectivity index (χ4n) is 5.32. The molecule has 4 aromatic rings. The third kappa shape index (κ3) is 4.63. The topological polar surface area (TPSA) is 67.5 Å². The van der Waals surface area contributed by atoms with E-state index >= 15 is 0 Å². The Kier molecular flexibility index (Phi) is 6.24. The van der Waals surface area contributed by atoms with Gasteiger partial charge in [0.1, 0.15) is 6.17 Å². The van der Waals surface area contributed by atoms with Crippen LogP contribution in [0, 0.1) is 0 Å². The fraction of sp³-hybridized carbons (Fsp3) is 0.267. The fourth-order valence-corrected chi connectivity index (χ4v) is 5.32. The van der Waals surface area contributed by atoms with Gasteiger partial charge in [-0.1, -0.05) is 60.7 Å². The van der Waals surface area contributed by atoms with Crippen LogP contribution in [-0.4, -0.2) is 66.2 Å². The largest absolute Gasteiger partial charge is 0.350 e. The Bertz CT molecular complexity index is 1390. The first-order valence-corrected chi connectivity index (χ1v) is 12.8. The highest BCUT2D eigenvalue weighted by Crippen LogP contribution is 2.35. The summed E-state index contributed by atoms with van der Waals surface area (Å²) in [5, 5.41) is 10.7. The molecule has 0 spiro atoms. The van der Waals surface area contributed by atoms with Gasteiger partial charge in [-0.25, -0.2) is 0 Å². The summed E-state index contributed by atoms with van der Waals surface area (Å²) < 4.78 is 0. The molecule has 0 radical (unpaired) electrons. The van der Waals surface area contributed by atoms with Gasteiger partial charge in [-0.2, -0.15) is 5.10 Å². The van der Waals surface area contributed by atoms with Gasteiger partial charge < -0.3 is 15.1 Å². The molecule has 7 nitrogen and oxygen atoms in total. The number of nitrogens with zero attached hydrogens (tertiary/aromatic N) is 4. The number of anilines is 1. The molecule has 1 atom stereocenters. The van der Waals surface area contributed by atoms with Crippen molar-refractivity contribution in [3.05, 3.63) is 95.7 Å². The number of H-pyrrole nitrogens is 1. The molecule has 37 heavy (non-hydrogen) atoms. The minimum atomic E-state index is -0.302. The molecule has 1 fully saturated rings. The minimum absolute atomic E-state index is 0.0720. The molecule has 1 saturated heterocycles. The molecule has 2 N–H and O–H groups in total. The van der Waals surface area contributed by atoms with Gasteiger partial charge >= 0.3 is 0 Å². The number of likely N-dealkylation sites (N-methyl/N-ethyl adjacent to an activating group) is 1. The first kappa shape index (κ1) is 23.5. The Morgan fingerprint density at radius 2 is 1.49 bits per heavy atom. The monoisotopic (exact) mass is 492 g/mol. The molecule has 6 rings (SSSR count). The van der Waals surface area contributed by atoms with Gasteiger partial charge in [-0.15, -0.1) is 0 Å². The van der Waals surface area contributed by atoms with Crippen LogP contribution in [0.15, 0.2) is 79.0 Å². The van der Waals surface area contributed by atoms with E-state index in [2.05, 4.69) is 85.8 Å². The van der Waals surface area contributed by atoms with Crippen LogP contribution in [-0.2, 0) is 6.54 Å². The lowest BCUT2D eigenvalue weighted by Gasteiger charge is -2.36. The highest BCUT2D eigenvalue weighted by Gasteiger charge is 2.31. The molecule has 2 aliphatic rings. The number of fused-ring (bicyclic) bond motifs is 1. The summed E-state index contributed by atoms with van der Waals surface area (Å²) in [5.74, 6) is -0.0720. The second-order valence-electron chi connectivity index (χ2n) is 10.0. The van der Waals surface area contributed by atoms with E-state index in [0.29, 0.717) is 5.56 Å². The second-order valence-corrected chi connectivity index (χ2v) is 10.0. The molecule has 1 aromatic heterocycles. The quantitative estimate of drug-likeness (QED) is 0.433. The van der Waals surface area contributed by atoms with E-state index in [1.54, 1.807) is 0 Å². The van der Waals surface area contributed by atoms with Gasteiger partial charge in [-0.3, -0.25) is 14.8 Å². The summed E-state index contributed by atoms with van der Waals surface area (Å²) >= 11 is 0. The van der Waals surface area contributed by atoms with E-state index in [4.69, 9.17) is 0 Å². The average molecular weight is 493 g/mol. The highest BCUT2D eigenvalue weighted by molar-refractivity contribution is 6.02. The molecule has 1 unspecified atom stereocenters. The number of amides is 1. The predicted molar refractivity (Wildman–Crippen MR) is 147 cm³/mol. The van der Waals surface area contributed by atoms with Gasteiger partial charge in [0.05, 0.1) is 16.9 Å². The number of carbonyl (C=O) groups excluding carboxylic acids is 1. The maximum absolute atomic E-state index is 12.8. The third-order valence-electron chi connectivity index (χ3n) is 7.60. The van der Waals surface area contributed by atoms with Gasteiger partial charge in [0.15, 0.2) is 0 Å². The molecular formula is C30H32N6O. The molecule has 3 aromatic carbocycles. The van der Waals surface area contributed by atoms with Crippen molar-refractivity contribution in [3.63, 3.8) is 0 Å². The van der Waals surface area contributed by atoms with Crippen molar-refractivity contribution >= 4 is 11.6 Å². The maximum Gasteiger partial charge on any atom is 0.255 e. The number of nitrogens with one attached hydrogen (secondary N) is 2. The van der Waals surface area contributed by atoms with Crippen molar-refractivity contribution in [2.75, 3.05) is 45.2 Å². The first-order chi connectivity index (χ1) is 18.1. The molecule has 0 bridgehead atoms. The van der Waals surface area contributed by atoms with E-state index < -0.39 is 0 Å². The van der Waals surface area contributed by atoms with Gasteiger partial charge in [-0.05, 0) is 35.9 Å². The third-order valence-corrected chi connectivity index (χ3v) is 7.60. The van der Waals surface area contributed by atoms with Gasteiger partial charge in [0, 0.05) is 57.1 Å². The number of para-hydroxylation sites is 1. The predicted octanol–water partition coefficient (Wildman–Crippen LogP) is 4.37. The van der Waals surface area contributed by atoms with E-state index in [0.717, 1.165) is 55.2 Å². The Hall–Kier alpha value is -3.94. The summed E-state index contributed by atoms with van der Waals surface area (Å²) in [6.07, 6.45) is 1.57. The number of hydrogen-bond acceptors (Lipinski definition) is 5. The Balaban J connectivity index is 1.19. The van der Waals surface area contributed by atoms with Gasteiger partial charge in [0.2, 0.25) is 0 Å². The number of hydrogen-bond donors (Lipinski definition) is 2. The van der Waals surface area contributed by atoms with Crippen LogP contribution in [0.3, 0.4) is 0 Å². The van der Waals surface area contributed by atoms with Crippen LogP contribution < -0.4 is 10.2 Å². The van der Waals surface area contributed by atoms with Crippen molar-refractivity contribution in [2.45, 2.75) is 12.7 Å². The number of carbonyl (C=O) groups is 1. The minimum Gasteiger partial charge on any atom is -0.350 e. The second kappa shape index (κ2) is 9.84. The lowest BCUT2D eigenvalue weighted by Crippen LogP contribution is -2.44. The van der Waals surface area contributed by atoms with Crippen LogP contribution in [0.2, 0.25) is 0 Å². The van der Waals surface area contributed by atoms with Crippen molar-refractivity contribution in [2.24, 2.45) is 0 Å². The molecule has 0 aliphatic carbocycles. The smallest absolute Gasteiger partial charge is 0.255 e. The molecule has 2 aliphatic heterocycles. The number of piperazine rings is 1. The molecule has 1 amide bonds. The lowest BCUT2D eigenvalue weighted by atomic mass is 9.98. The maximum atomic E-state index is 12.8. The SMILES string of the molecule is CN1CCN(Cc2ccc(-c3ccc(-c4n[nH]cc4C4NC(=O)c5ccccc5N4C)cc3)cc2)CC1. The normalized spacial score (nSPS) is 18.5. The zero-order chi connectivity index (χ0) is 25.4. The molecule has 188 valence electrons. The number of benzene rings is 3. The van der Waals surface area contributed by atoms with Crippen molar-refractivity contribution in [1.29, 1.82) is 0 Å². The number of rotatable bonds is 5. The van der Waals surface area contributed by atoms with Crippen molar-refractivity contribution < 1.29 is 4.79 Å². The van der Waals surface area contributed by atoms with E-state index in [1.165, 1.54) is 16.7 Å². The molecule has 0 saturated carbocycles. The van der Waals surface area contributed by atoms with E-state index in [-0.39, 0.29) is 12.1 Å². The Labute approximate surface area is 217 Å². The average Bonchev–Trinajstić information content (AvgIpc) is 3.42. The Morgan fingerprint density at radius 1 is 0.838 bits per heavy atom. The van der Waals surface area contributed by atoms with Crippen molar-refractivity contribution in [3.8, 4) is 22.4 Å². The number of aromatic nitrogens is 2.